The van der Waals surface area contributed by atoms with Gasteiger partial charge in [-0.2, -0.15) is 12.6 Å². The maximum Gasteiger partial charge on any atom is 0.142 e. The summed E-state index contributed by atoms with van der Waals surface area (Å²) in [5.41, 5.74) is 1.38. The van der Waals surface area contributed by atoms with Crippen LogP contribution in [0, 0.1) is 5.41 Å². The van der Waals surface area contributed by atoms with Crippen LogP contribution in [0.1, 0.15) is 12.8 Å². The molecule has 1 fully saturated rings. The van der Waals surface area contributed by atoms with Crippen LogP contribution in [0.15, 0.2) is 24.3 Å². The van der Waals surface area contributed by atoms with Crippen LogP contribution in [-0.2, 0) is 4.74 Å². The summed E-state index contributed by atoms with van der Waals surface area (Å²) in [4.78, 5) is 2.28. The molecule has 0 N–H and O–H groups in total. The summed E-state index contributed by atoms with van der Waals surface area (Å²) >= 11 is 4.57. The van der Waals surface area contributed by atoms with Gasteiger partial charge in [0, 0.05) is 32.2 Å². The lowest BCUT2D eigenvalue weighted by Gasteiger charge is -2.39. The van der Waals surface area contributed by atoms with E-state index in [9.17, 15) is 0 Å². The summed E-state index contributed by atoms with van der Waals surface area (Å²) in [5.74, 6) is 1.82. The minimum atomic E-state index is 0.247. The van der Waals surface area contributed by atoms with Gasteiger partial charge in [-0.15, -0.1) is 0 Å². The fourth-order valence-electron chi connectivity index (χ4n) is 2.70. The van der Waals surface area contributed by atoms with Crippen LogP contribution in [0.4, 0.5) is 5.69 Å². The van der Waals surface area contributed by atoms with Crippen LogP contribution in [0.2, 0.25) is 0 Å². The number of methoxy groups -OCH3 is 1. The molecular formula is C15H23NO2S. The first-order chi connectivity index (χ1) is 9.21. The number of thiol groups is 1. The predicted octanol–water partition coefficient (Wildman–Crippen LogP) is 2.86. The van der Waals surface area contributed by atoms with Crippen molar-refractivity contribution in [3.05, 3.63) is 24.3 Å². The average Bonchev–Trinajstić information content (AvgIpc) is 2.48. The molecule has 4 heteroatoms. The highest BCUT2D eigenvalue weighted by Gasteiger charge is 2.33. The van der Waals surface area contributed by atoms with Gasteiger partial charge in [-0.1, -0.05) is 12.1 Å². The predicted molar refractivity (Wildman–Crippen MR) is 82.6 cm³/mol. The molecule has 0 atom stereocenters. The highest BCUT2D eigenvalue weighted by molar-refractivity contribution is 7.80. The number of nitrogens with zero attached hydrogens (tertiary/aromatic N) is 1. The van der Waals surface area contributed by atoms with Gasteiger partial charge in [0.25, 0.3) is 0 Å². The zero-order chi connectivity index (χ0) is 13.7. The van der Waals surface area contributed by atoms with Crippen molar-refractivity contribution in [2.75, 3.05) is 44.6 Å². The summed E-state index contributed by atoms with van der Waals surface area (Å²) < 4.78 is 10.9. The Hall–Kier alpha value is -0.870. The number of anilines is 1. The SMILES string of the molecule is COc1ccccc1N(C)CC1(CS)CCOCC1. The molecule has 0 radical (unpaired) electrons. The minimum Gasteiger partial charge on any atom is -0.495 e. The molecule has 0 unspecified atom stereocenters. The minimum absolute atomic E-state index is 0.247. The Morgan fingerprint density at radius 2 is 2.00 bits per heavy atom. The van der Waals surface area contributed by atoms with E-state index < -0.39 is 0 Å². The quantitative estimate of drug-likeness (QED) is 0.839. The van der Waals surface area contributed by atoms with Crippen molar-refractivity contribution < 1.29 is 9.47 Å². The molecule has 1 aliphatic heterocycles. The maximum atomic E-state index is 5.48. The molecule has 1 saturated heterocycles. The van der Waals surface area contributed by atoms with Gasteiger partial charge in [-0.25, -0.2) is 0 Å². The largest absolute Gasteiger partial charge is 0.495 e. The van der Waals surface area contributed by atoms with E-state index in [1.807, 2.05) is 18.2 Å². The Morgan fingerprint density at radius 1 is 1.32 bits per heavy atom. The van der Waals surface area contributed by atoms with Crippen molar-refractivity contribution in [2.45, 2.75) is 12.8 Å². The average molecular weight is 281 g/mol. The maximum absolute atomic E-state index is 5.48. The van der Waals surface area contributed by atoms with Gasteiger partial charge in [-0.3, -0.25) is 0 Å². The summed E-state index contributed by atoms with van der Waals surface area (Å²) in [7, 11) is 3.84. The van der Waals surface area contributed by atoms with Crippen molar-refractivity contribution in [3.8, 4) is 5.75 Å². The van der Waals surface area contributed by atoms with Gasteiger partial charge in [-0.05, 0) is 30.7 Å². The Bertz CT molecular complexity index is 405. The number of hydrogen-bond acceptors (Lipinski definition) is 4. The van der Waals surface area contributed by atoms with Crippen molar-refractivity contribution >= 4 is 18.3 Å². The first kappa shape index (κ1) is 14.5. The monoisotopic (exact) mass is 281 g/mol. The second-order valence-electron chi connectivity index (χ2n) is 5.30. The molecule has 1 heterocycles. The van der Waals surface area contributed by atoms with Gasteiger partial charge in [0.1, 0.15) is 5.75 Å². The van der Waals surface area contributed by atoms with Crippen LogP contribution < -0.4 is 9.64 Å². The number of hydrogen-bond donors (Lipinski definition) is 1. The first-order valence-electron chi connectivity index (χ1n) is 6.73. The Balaban J connectivity index is 2.12. The molecule has 0 amide bonds. The van der Waals surface area contributed by atoms with Crippen LogP contribution in [0.3, 0.4) is 0 Å². The summed E-state index contributed by atoms with van der Waals surface area (Å²) in [6.45, 7) is 2.68. The van der Waals surface area contributed by atoms with Crippen LogP contribution >= 0.6 is 12.6 Å². The number of benzene rings is 1. The third-order valence-corrected chi connectivity index (χ3v) is 4.63. The third kappa shape index (κ3) is 3.37. The number of rotatable bonds is 5. The number of ether oxygens (including phenoxy) is 2. The van der Waals surface area contributed by atoms with Crippen molar-refractivity contribution in [3.63, 3.8) is 0 Å². The van der Waals surface area contributed by atoms with E-state index >= 15 is 0 Å². The van der Waals surface area contributed by atoms with E-state index in [4.69, 9.17) is 9.47 Å². The van der Waals surface area contributed by atoms with E-state index in [1.165, 1.54) is 0 Å². The molecule has 1 aromatic carbocycles. The smallest absolute Gasteiger partial charge is 0.142 e. The lowest BCUT2D eigenvalue weighted by atomic mass is 9.81. The zero-order valence-electron chi connectivity index (χ0n) is 11.8. The lowest BCUT2D eigenvalue weighted by Crippen LogP contribution is -2.41. The Labute approximate surface area is 121 Å². The zero-order valence-corrected chi connectivity index (χ0v) is 12.7. The van der Waals surface area contributed by atoms with Gasteiger partial charge in [0.05, 0.1) is 12.8 Å². The van der Waals surface area contributed by atoms with E-state index in [0.29, 0.717) is 0 Å². The molecular weight excluding hydrogens is 258 g/mol. The van der Waals surface area contributed by atoms with E-state index in [0.717, 1.165) is 49.8 Å². The van der Waals surface area contributed by atoms with E-state index in [2.05, 4.69) is 30.6 Å². The molecule has 3 nitrogen and oxygen atoms in total. The molecule has 0 aliphatic carbocycles. The first-order valence-corrected chi connectivity index (χ1v) is 7.37. The summed E-state index contributed by atoms with van der Waals surface area (Å²) in [6, 6.07) is 8.15. The molecule has 19 heavy (non-hydrogen) atoms. The summed E-state index contributed by atoms with van der Waals surface area (Å²) in [6.07, 6.45) is 2.16. The van der Waals surface area contributed by atoms with Crippen molar-refractivity contribution in [1.82, 2.24) is 0 Å². The molecule has 2 rings (SSSR count). The van der Waals surface area contributed by atoms with E-state index in [1.54, 1.807) is 7.11 Å². The topological polar surface area (TPSA) is 21.7 Å². The van der Waals surface area contributed by atoms with Crippen LogP contribution in [0.5, 0.6) is 5.75 Å². The fraction of sp³-hybridized carbons (Fsp3) is 0.600. The molecule has 1 aliphatic rings. The molecule has 0 saturated carbocycles. The van der Waals surface area contributed by atoms with Gasteiger partial charge >= 0.3 is 0 Å². The van der Waals surface area contributed by atoms with Gasteiger partial charge < -0.3 is 14.4 Å². The van der Waals surface area contributed by atoms with Gasteiger partial charge in [0.2, 0.25) is 0 Å². The molecule has 0 bridgehead atoms. The molecule has 106 valence electrons. The molecule has 0 aromatic heterocycles. The van der Waals surface area contributed by atoms with Crippen LogP contribution in [-0.4, -0.2) is 39.7 Å². The molecule has 1 aromatic rings. The Kier molecular flexibility index (Phi) is 4.99. The van der Waals surface area contributed by atoms with Crippen molar-refractivity contribution in [1.29, 1.82) is 0 Å². The summed E-state index contributed by atoms with van der Waals surface area (Å²) in [5, 5.41) is 0. The number of para-hydroxylation sites is 2. The lowest BCUT2D eigenvalue weighted by molar-refractivity contribution is 0.0300. The molecule has 0 spiro atoms. The van der Waals surface area contributed by atoms with Crippen molar-refractivity contribution in [2.24, 2.45) is 5.41 Å². The second-order valence-corrected chi connectivity index (χ2v) is 5.61. The highest BCUT2D eigenvalue weighted by Crippen LogP contribution is 2.35. The third-order valence-electron chi connectivity index (χ3n) is 3.96. The van der Waals surface area contributed by atoms with E-state index in [-0.39, 0.29) is 5.41 Å². The fourth-order valence-corrected chi connectivity index (χ4v) is 3.12. The van der Waals surface area contributed by atoms with Crippen LogP contribution in [0.25, 0.3) is 0 Å². The highest BCUT2D eigenvalue weighted by atomic mass is 32.1. The normalized spacial score (nSPS) is 18.1. The standard InChI is InChI=1S/C15H23NO2S/c1-16(13-5-3-4-6-14(13)17-2)11-15(12-19)7-9-18-10-8-15/h3-6,19H,7-12H2,1-2H3. The second kappa shape index (κ2) is 6.53. The van der Waals surface area contributed by atoms with Gasteiger partial charge in [0.15, 0.2) is 0 Å². The Morgan fingerprint density at radius 3 is 2.63 bits per heavy atom.